The molecule has 1 N–H and O–H groups in total. The van der Waals surface area contributed by atoms with Gasteiger partial charge in [0.05, 0.1) is 5.69 Å². The maximum atomic E-state index is 4.28. The van der Waals surface area contributed by atoms with E-state index < -0.39 is 0 Å². The Balaban J connectivity index is 1.82. The lowest BCUT2D eigenvalue weighted by molar-refractivity contribution is 0.0980. The number of hydrogen-bond donors (Lipinski definition) is 1. The van der Waals surface area contributed by atoms with Gasteiger partial charge in [-0.05, 0) is 71.3 Å². The van der Waals surface area contributed by atoms with Gasteiger partial charge >= 0.3 is 0 Å². The third-order valence-electron chi connectivity index (χ3n) is 4.87. The predicted molar refractivity (Wildman–Crippen MR) is 84.1 cm³/mol. The van der Waals surface area contributed by atoms with Crippen LogP contribution in [0.4, 0.5) is 0 Å². The summed E-state index contributed by atoms with van der Waals surface area (Å²) < 4.78 is 0. The number of likely N-dealkylation sites (N-methyl/N-ethyl adjacent to an activating group) is 1. The summed E-state index contributed by atoms with van der Waals surface area (Å²) in [5.74, 6) is 0. The molecule has 114 valence electrons. The number of aromatic nitrogens is 2. The topological polar surface area (TPSA) is 35.2 Å². The highest BCUT2D eigenvalue weighted by molar-refractivity contribution is 5.23. The highest BCUT2D eigenvalue weighted by Crippen LogP contribution is 2.31. The van der Waals surface area contributed by atoms with Gasteiger partial charge in [0.2, 0.25) is 0 Å². The smallest absolute Gasteiger partial charge is 0.0626 e. The molecule has 1 aliphatic heterocycles. The zero-order chi connectivity index (χ0) is 14.8. The molecule has 0 aliphatic carbocycles. The van der Waals surface area contributed by atoms with Gasteiger partial charge in [0, 0.05) is 18.8 Å². The number of likely N-dealkylation sites (tertiary alicyclic amines) is 1. The zero-order valence-electron chi connectivity index (χ0n) is 13.8. The minimum Gasteiger partial charge on any atom is -0.306 e. The van der Waals surface area contributed by atoms with E-state index in [2.05, 4.69) is 54.9 Å². The van der Waals surface area contributed by atoms with Crippen LogP contribution >= 0.6 is 0 Å². The number of H-pyrrole nitrogens is 1. The summed E-state index contributed by atoms with van der Waals surface area (Å²) in [6.07, 6.45) is 3.73. The molecule has 0 aromatic carbocycles. The normalized spacial score (nSPS) is 19.7. The highest BCUT2D eigenvalue weighted by atomic mass is 15.1. The second-order valence-corrected chi connectivity index (χ2v) is 7.01. The molecule has 0 radical (unpaired) electrons. The number of nitrogens with one attached hydrogen (secondary N) is 1. The Kier molecular flexibility index (Phi) is 4.86. The van der Waals surface area contributed by atoms with Gasteiger partial charge in [0.25, 0.3) is 0 Å². The third-order valence-corrected chi connectivity index (χ3v) is 4.87. The minimum absolute atomic E-state index is 0.488. The molecule has 0 unspecified atom stereocenters. The predicted octanol–water partition coefficient (Wildman–Crippen LogP) is 2.23. The lowest BCUT2D eigenvalue weighted by Gasteiger charge is -2.40. The van der Waals surface area contributed by atoms with E-state index in [-0.39, 0.29) is 0 Å². The fourth-order valence-corrected chi connectivity index (χ4v) is 3.29. The fourth-order valence-electron chi connectivity index (χ4n) is 3.29. The first-order valence-electron chi connectivity index (χ1n) is 7.77. The minimum atomic E-state index is 0.488. The molecule has 4 heteroatoms. The molecule has 2 heterocycles. The Labute approximate surface area is 123 Å². The van der Waals surface area contributed by atoms with Crippen molar-refractivity contribution in [2.45, 2.75) is 40.0 Å². The summed E-state index contributed by atoms with van der Waals surface area (Å²) in [6, 6.07) is 0. The number of rotatable bonds is 5. The summed E-state index contributed by atoms with van der Waals surface area (Å²) in [5.41, 5.74) is 4.26. The van der Waals surface area contributed by atoms with Crippen LogP contribution in [0.3, 0.4) is 0 Å². The van der Waals surface area contributed by atoms with Gasteiger partial charge in [-0.25, -0.2) is 0 Å². The van der Waals surface area contributed by atoms with E-state index in [0.29, 0.717) is 5.41 Å². The largest absolute Gasteiger partial charge is 0.306 e. The number of nitrogens with zero attached hydrogens (tertiary/aromatic N) is 3. The second kappa shape index (κ2) is 6.27. The van der Waals surface area contributed by atoms with E-state index in [1.165, 1.54) is 43.7 Å². The Morgan fingerprint density at radius 2 is 1.95 bits per heavy atom. The first-order valence-corrected chi connectivity index (χ1v) is 7.77. The van der Waals surface area contributed by atoms with Crippen molar-refractivity contribution in [3.8, 4) is 0 Å². The SMILES string of the molecule is Cc1n[nH]c(C)c1CCN(C)CC1(C)CCN(C)CC1. The van der Waals surface area contributed by atoms with Crippen LogP contribution in [0, 0.1) is 19.3 Å². The first-order chi connectivity index (χ1) is 9.39. The van der Waals surface area contributed by atoms with E-state index in [1.54, 1.807) is 0 Å². The summed E-state index contributed by atoms with van der Waals surface area (Å²) in [4.78, 5) is 4.94. The molecule has 1 aromatic rings. The van der Waals surface area contributed by atoms with E-state index in [9.17, 15) is 0 Å². The van der Waals surface area contributed by atoms with Crippen LogP contribution in [0.2, 0.25) is 0 Å². The molecule has 1 fully saturated rings. The van der Waals surface area contributed by atoms with Gasteiger partial charge in [-0.3, -0.25) is 5.10 Å². The van der Waals surface area contributed by atoms with Gasteiger partial charge in [0.1, 0.15) is 0 Å². The molecular weight excluding hydrogens is 248 g/mol. The van der Waals surface area contributed by atoms with Crippen LogP contribution in [0.5, 0.6) is 0 Å². The molecule has 0 amide bonds. The second-order valence-electron chi connectivity index (χ2n) is 7.01. The molecule has 2 rings (SSSR count). The van der Waals surface area contributed by atoms with Gasteiger partial charge in [0.15, 0.2) is 0 Å². The number of piperidine rings is 1. The quantitative estimate of drug-likeness (QED) is 0.897. The molecule has 0 saturated carbocycles. The monoisotopic (exact) mass is 278 g/mol. The van der Waals surface area contributed by atoms with Crippen LogP contribution in [0.15, 0.2) is 0 Å². The van der Waals surface area contributed by atoms with Crippen molar-refractivity contribution in [1.82, 2.24) is 20.0 Å². The lowest BCUT2D eigenvalue weighted by atomic mass is 9.80. The van der Waals surface area contributed by atoms with Crippen LogP contribution in [-0.4, -0.2) is 60.3 Å². The Bertz CT molecular complexity index is 410. The molecule has 0 atom stereocenters. The van der Waals surface area contributed by atoms with Crippen LogP contribution in [0.25, 0.3) is 0 Å². The molecule has 4 nitrogen and oxygen atoms in total. The van der Waals surface area contributed by atoms with Gasteiger partial charge in [-0.15, -0.1) is 0 Å². The van der Waals surface area contributed by atoms with Crippen LogP contribution in [0.1, 0.15) is 36.7 Å². The zero-order valence-corrected chi connectivity index (χ0v) is 13.8. The third kappa shape index (κ3) is 3.83. The van der Waals surface area contributed by atoms with Crippen molar-refractivity contribution in [1.29, 1.82) is 0 Å². The average molecular weight is 278 g/mol. The highest BCUT2D eigenvalue weighted by Gasteiger charge is 2.29. The molecule has 0 bridgehead atoms. The summed E-state index contributed by atoms with van der Waals surface area (Å²) in [6.45, 7) is 11.5. The maximum absolute atomic E-state index is 4.28. The van der Waals surface area contributed by atoms with E-state index >= 15 is 0 Å². The molecular formula is C16H30N4. The fraction of sp³-hybridized carbons (Fsp3) is 0.812. The number of aryl methyl sites for hydroxylation is 2. The molecule has 20 heavy (non-hydrogen) atoms. The Morgan fingerprint density at radius 3 is 2.50 bits per heavy atom. The summed E-state index contributed by atoms with van der Waals surface area (Å²) >= 11 is 0. The number of hydrogen-bond acceptors (Lipinski definition) is 3. The van der Waals surface area contributed by atoms with Crippen molar-refractivity contribution in [2.75, 3.05) is 40.3 Å². The molecule has 1 saturated heterocycles. The maximum Gasteiger partial charge on any atom is 0.0626 e. The van der Waals surface area contributed by atoms with Gasteiger partial charge in [-0.2, -0.15) is 5.10 Å². The lowest BCUT2D eigenvalue weighted by Crippen LogP contribution is -2.43. The van der Waals surface area contributed by atoms with Crippen molar-refractivity contribution >= 4 is 0 Å². The Morgan fingerprint density at radius 1 is 1.30 bits per heavy atom. The van der Waals surface area contributed by atoms with Gasteiger partial charge in [-0.1, -0.05) is 6.92 Å². The summed E-state index contributed by atoms with van der Waals surface area (Å²) in [5, 5.41) is 7.36. The standard InChI is InChI=1S/C16H30N4/c1-13-15(14(2)18-17-13)6-9-20(5)12-16(3)7-10-19(4)11-8-16/h6-12H2,1-5H3,(H,17,18). The molecule has 0 spiro atoms. The Hall–Kier alpha value is -0.870. The molecule has 1 aromatic heterocycles. The van der Waals surface area contributed by atoms with Crippen molar-refractivity contribution < 1.29 is 0 Å². The van der Waals surface area contributed by atoms with E-state index in [1.807, 2.05) is 0 Å². The van der Waals surface area contributed by atoms with Gasteiger partial charge < -0.3 is 9.80 Å². The summed E-state index contributed by atoms with van der Waals surface area (Å²) in [7, 11) is 4.49. The van der Waals surface area contributed by atoms with Crippen LogP contribution < -0.4 is 0 Å². The molecule has 1 aliphatic rings. The van der Waals surface area contributed by atoms with E-state index in [4.69, 9.17) is 0 Å². The van der Waals surface area contributed by atoms with E-state index in [0.717, 1.165) is 18.7 Å². The first kappa shape index (κ1) is 15.5. The van der Waals surface area contributed by atoms with Crippen molar-refractivity contribution in [2.24, 2.45) is 5.41 Å². The average Bonchev–Trinajstić information content (AvgIpc) is 2.71. The van der Waals surface area contributed by atoms with Crippen molar-refractivity contribution in [3.05, 3.63) is 17.0 Å². The van der Waals surface area contributed by atoms with Crippen LogP contribution in [-0.2, 0) is 6.42 Å². The number of aromatic amines is 1. The van der Waals surface area contributed by atoms with Crippen molar-refractivity contribution in [3.63, 3.8) is 0 Å².